The van der Waals surface area contributed by atoms with Gasteiger partial charge in [-0.15, -0.1) is 0 Å². The maximum Gasteiger partial charge on any atom is 0.246 e. The van der Waals surface area contributed by atoms with Gasteiger partial charge in [-0.05, 0) is 30.5 Å². The van der Waals surface area contributed by atoms with E-state index in [1.165, 1.54) is 0 Å². The molecular formula is C20H19FN6O. The molecule has 3 heterocycles. The van der Waals surface area contributed by atoms with Gasteiger partial charge in [0.25, 0.3) is 0 Å². The van der Waals surface area contributed by atoms with Crippen LogP contribution in [0.4, 0.5) is 10.3 Å². The number of benzene rings is 1. The molecule has 2 aromatic rings. The van der Waals surface area contributed by atoms with E-state index in [1.54, 1.807) is 23.4 Å². The summed E-state index contributed by atoms with van der Waals surface area (Å²) in [6.07, 6.45) is 6.08. The normalized spacial score (nSPS) is 19.6. The zero-order valence-electron chi connectivity index (χ0n) is 15.2. The Hall–Kier alpha value is -3.34. The summed E-state index contributed by atoms with van der Waals surface area (Å²) < 4.78 is 13.0. The second-order valence-electron chi connectivity index (χ2n) is 6.93. The van der Waals surface area contributed by atoms with E-state index in [-0.39, 0.29) is 17.9 Å². The molecule has 1 aromatic carbocycles. The first-order valence-electron chi connectivity index (χ1n) is 9.24. The summed E-state index contributed by atoms with van der Waals surface area (Å²) in [5.41, 5.74) is 1.57. The van der Waals surface area contributed by atoms with Gasteiger partial charge >= 0.3 is 0 Å². The van der Waals surface area contributed by atoms with Crippen LogP contribution in [0.5, 0.6) is 0 Å². The van der Waals surface area contributed by atoms with Gasteiger partial charge in [0, 0.05) is 31.6 Å². The van der Waals surface area contributed by atoms with Crippen molar-refractivity contribution in [3.8, 4) is 6.07 Å². The lowest BCUT2D eigenvalue weighted by Crippen LogP contribution is -2.41. The van der Waals surface area contributed by atoms with Gasteiger partial charge in [0.1, 0.15) is 0 Å². The Balaban J connectivity index is 1.40. The third-order valence-corrected chi connectivity index (χ3v) is 5.21. The van der Waals surface area contributed by atoms with Gasteiger partial charge in [-0.25, -0.2) is 19.4 Å². The third kappa shape index (κ3) is 3.56. The van der Waals surface area contributed by atoms with Crippen molar-refractivity contribution in [3.05, 3.63) is 53.6 Å². The highest BCUT2D eigenvalue weighted by molar-refractivity contribution is 5.82. The molecule has 7 nitrogen and oxygen atoms in total. The van der Waals surface area contributed by atoms with E-state index in [9.17, 15) is 9.18 Å². The molecule has 142 valence electrons. The molecule has 2 aliphatic rings. The van der Waals surface area contributed by atoms with Crippen LogP contribution >= 0.6 is 0 Å². The van der Waals surface area contributed by atoms with Crippen LogP contribution in [0.2, 0.25) is 0 Å². The molecule has 1 atom stereocenters. The van der Waals surface area contributed by atoms with Crippen LogP contribution in [0.3, 0.4) is 0 Å². The third-order valence-electron chi connectivity index (χ3n) is 5.21. The first kappa shape index (κ1) is 18.0. The molecule has 28 heavy (non-hydrogen) atoms. The Morgan fingerprint density at radius 2 is 1.82 bits per heavy atom. The SMILES string of the molecule is N#Cc1ccc(C2CC=NN2C(=O)C2CCN(c3ncc(F)cn3)CC2)cc1. The lowest BCUT2D eigenvalue weighted by Gasteiger charge is -2.33. The fourth-order valence-corrected chi connectivity index (χ4v) is 3.67. The average Bonchev–Trinajstić information content (AvgIpc) is 3.24. The van der Waals surface area contributed by atoms with Gasteiger partial charge in [0.05, 0.1) is 30.1 Å². The summed E-state index contributed by atoms with van der Waals surface area (Å²) in [6.45, 7) is 1.28. The smallest absolute Gasteiger partial charge is 0.246 e. The Labute approximate surface area is 162 Å². The number of nitrogens with zero attached hydrogens (tertiary/aromatic N) is 6. The van der Waals surface area contributed by atoms with Crippen molar-refractivity contribution in [2.24, 2.45) is 11.0 Å². The molecule has 2 aliphatic heterocycles. The van der Waals surface area contributed by atoms with Gasteiger partial charge < -0.3 is 4.90 Å². The van der Waals surface area contributed by atoms with Gasteiger partial charge in [0.2, 0.25) is 11.9 Å². The van der Waals surface area contributed by atoms with Crippen molar-refractivity contribution >= 4 is 18.1 Å². The van der Waals surface area contributed by atoms with Gasteiger partial charge in [0.15, 0.2) is 5.82 Å². The van der Waals surface area contributed by atoms with E-state index in [2.05, 4.69) is 21.1 Å². The van der Waals surface area contributed by atoms with Crippen molar-refractivity contribution in [1.29, 1.82) is 5.26 Å². The number of rotatable bonds is 3. The Morgan fingerprint density at radius 1 is 1.14 bits per heavy atom. The van der Waals surface area contributed by atoms with Gasteiger partial charge in [-0.2, -0.15) is 10.4 Å². The van der Waals surface area contributed by atoms with E-state index in [1.807, 2.05) is 17.0 Å². The summed E-state index contributed by atoms with van der Waals surface area (Å²) in [6, 6.07) is 9.26. The van der Waals surface area contributed by atoms with E-state index in [4.69, 9.17) is 5.26 Å². The number of anilines is 1. The van der Waals surface area contributed by atoms with Crippen LogP contribution in [0.15, 0.2) is 41.8 Å². The highest BCUT2D eigenvalue weighted by Crippen LogP contribution is 2.32. The number of hydrogen-bond acceptors (Lipinski definition) is 6. The average molecular weight is 378 g/mol. The van der Waals surface area contributed by atoms with Crippen molar-refractivity contribution in [2.75, 3.05) is 18.0 Å². The molecule has 0 N–H and O–H groups in total. The molecule has 0 spiro atoms. The number of nitriles is 1. The Bertz CT molecular complexity index is 913. The van der Waals surface area contributed by atoms with Crippen LogP contribution in [-0.2, 0) is 4.79 Å². The standard InChI is InChI=1S/C20H19FN6O/c21-17-12-23-20(24-13-17)26-9-6-16(7-10-26)19(28)27-18(5-8-25-27)15-3-1-14(11-22)2-4-15/h1-4,8,12-13,16,18H,5-7,9-10H2. The molecule has 1 unspecified atom stereocenters. The highest BCUT2D eigenvalue weighted by Gasteiger charge is 2.35. The molecule has 1 aromatic heterocycles. The summed E-state index contributed by atoms with van der Waals surface area (Å²) in [4.78, 5) is 23.0. The topological polar surface area (TPSA) is 85.5 Å². The molecule has 0 saturated carbocycles. The monoisotopic (exact) mass is 378 g/mol. The number of carbonyl (C=O) groups is 1. The van der Waals surface area contributed by atoms with E-state index in [0.717, 1.165) is 18.0 Å². The molecule has 0 aliphatic carbocycles. The number of amides is 1. The minimum Gasteiger partial charge on any atom is -0.341 e. The van der Waals surface area contributed by atoms with Crippen molar-refractivity contribution in [3.63, 3.8) is 0 Å². The van der Waals surface area contributed by atoms with E-state index < -0.39 is 5.82 Å². The fourth-order valence-electron chi connectivity index (χ4n) is 3.67. The molecule has 8 heteroatoms. The molecule has 1 fully saturated rings. The lowest BCUT2D eigenvalue weighted by molar-refractivity contribution is -0.138. The number of halogens is 1. The quantitative estimate of drug-likeness (QED) is 0.820. The highest BCUT2D eigenvalue weighted by atomic mass is 19.1. The molecule has 1 saturated heterocycles. The minimum absolute atomic E-state index is 0.0165. The molecular weight excluding hydrogens is 359 g/mol. The van der Waals surface area contributed by atoms with Crippen molar-refractivity contribution < 1.29 is 9.18 Å². The molecule has 4 rings (SSSR count). The van der Waals surface area contributed by atoms with E-state index >= 15 is 0 Å². The summed E-state index contributed by atoms with van der Waals surface area (Å²) in [5.74, 6) is -0.0767. The summed E-state index contributed by atoms with van der Waals surface area (Å²) in [7, 11) is 0. The van der Waals surface area contributed by atoms with Gasteiger partial charge in [-0.1, -0.05) is 12.1 Å². The van der Waals surface area contributed by atoms with Crippen LogP contribution in [-0.4, -0.2) is 40.2 Å². The predicted molar refractivity (Wildman–Crippen MR) is 101 cm³/mol. The summed E-state index contributed by atoms with van der Waals surface area (Å²) >= 11 is 0. The largest absolute Gasteiger partial charge is 0.341 e. The number of piperidine rings is 1. The van der Waals surface area contributed by atoms with Crippen LogP contribution in [0.25, 0.3) is 0 Å². The Kier molecular flexibility index (Phi) is 4.98. The Morgan fingerprint density at radius 3 is 2.46 bits per heavy atom. The predicted octanol–water partition coefficient (Wildman–Crippen LogP) is 2.66. The zero-order chi connectivity index (χ0) is 19.5. The number of hydrazone groups is 1. The van der Waals surface area contributed by atoms with E-state index in [0.29, 0.717) is 43.9 Å². The van der Waals surface area contributed by atoms with Crippen molar-refractivity contribution in [1.82, 2.24) is 15.0 Å². The lowest BCUT2D eigenvalue weighted by atomic mass is 9.94. The molecule has 1 amide bonds. The van der Waals surface area contributed by atoms with Crippen LogP contribution in [0.1, 0.15) is 36.4 Å². The van der Waals surface area contributed by atoms with Gasteiger partial charge in [-0.3, -0.25) is 4.79 Å². The number of aromatic nitrogens is 2. The number of carbonyl (C=O) groups excluding carboxylic acids is 1. The van der Waals surface area contributed by atoms with Crippen LogP contribution in [0, 0.1) is 23.1 Å². The zero-order valence-corrected chi connectivity index (χ0v) is 15.2. The molecule has 0 radical (unpaired) electrons. The number of hydrogen-bond donors (Lipinski definition) is 0. The van der Waals surface area contributed by atoms with Crippen molar-refractivity contribution in [2.45, 2.75) is 25.3 Å². The fraction of sp³-hybridized carbons (Fsp3) is 0.350. The molecule has 0 bridgehead atoms. The second kappa shape index (κ2) is 7.72. The first-order valence-corrected chi connectivity index (χ1v) is 9.24. The first-order chi connectivity index (χ1) is 13.7. The maximum atomic E-state index is 13.1. The minimum atomic E-state index is -0.463. The second-order valence-corrected chi connectivity index (χ2v) is 6.93. The maximum absolute atomic E-state index is 13.1. The van der Waals surface area contributed by atoms with Crippen LogP contribution < -0.4 is 4.90 Å². The summed E-state index contributed by atoms with van der Waals surface area (Å²) in [5, 5.41) is 14.8.